The van der Waals surface area contributed by atoms with Crippen LogP contribution in [-0.2, 0) is 9.09 Å². The molecule has 4 nitrogen and oxygen atoms in total. The van der Waals surface area contributed by atoms with Crippen molar-refractivity contribution in [3.8, 4) is 11.5 Å². The zero-order valence-electron chi connectivity index (χ0n) is 14.3. The van der Waals surface area contributed by atoms with Crippen molar-refractivity contribution in [1.29, 1.82) is 0 Å². The van der Waals surface area contributed by atoms with Gasteiger partial charge in [0, 0.05) is 5.56 Å². The number of hydrogen-bond donors (Lipinski definition) is 0. The van der Waals surface area contributed by atoms with Crippen LogP contribution in [0, 0.1) is 0 Å². The Hall–Kier alpha value is -2.97. The fraction of sp³-hybridized carbons (Fsp3) is 0.0476. The number of phosphoric acid groups is 1. The summed E-state index contributed by atoms with van der Waals surface area (Å²) in [6.45, 7) is 1.80. The fourth-order valence-electron chi connectivity index (χ4n) is 2.27. The van der Waals surface area contributed by atoms with Crippen molar-refractivity contribution in [2.24, 2.45) is 0 Å². The van der Waals surface area contributed by atoms with E-state index in [1.807, 2.05) is 42.5 Å². The molecule has 0 aliphatic carbocycles. The van der Waals surface area contributed by atoms with Crippen molar-refractivity contribution in [1.82, 2.24) is 0 Å². The van der Waals surface area contributed by atoms with Crippen LogP contribution in [0.2, 0.25) is 0 Å². The highest BCUT2D eigenvalue weighted by atomic mass is 31.2. The van der Waals surface area contributed by atoms with E-state index < -0.39 is 7.82 Å². The minimum absolute atomic E-state index is 0.398. The maximum absolute atomic E-state index is 13.4. The SMILES string of the molecule is C/C=C(\OP(=O)(Oc1ccccc1)Oc1ccccc1)c1ccccc1. The molecule has 0 saturated heterocycles. The zero-order chi connectivity index (χ0) is 18.2. The van der Waals surface area contributed by atoms with Crippen molar-refractivity contribution in [2.75, 3.05) is 0 Å². The molecule has 0 radical (unpaired) electrons. The van der Waals surface area contributed by atoms with Crippen molar-refractivity contribution in [3.05, 3.63) is 103 Å². The second-order valence-electron chi connectivity index (χ2n) is 5.37. The monoisotopic (exact) mass is 366 g/mol. The molecule has 0 aliphatic rings. The molecule has 0 spiro atoms. The van der Waals surface area contributed by atoms with Crippen LogP contribution in [0.5, 0.6) is 11.5 Å². The molecule has 0 bridgehead atoms. The van der Waals surface area contributed by atoms with E-state index in [1.165, 1.54) is 0 Å². The van der Waals surface area contributed by atoms with Crippen molar-refractivity contribution in [3.63, 3.8) is 0 Å². The topological polar surface area (TPSA) is 44.8 Å². The van der Waals surface area contributed by atoms with Crippen LogP contribution >= 0.6 is 7.82 Å². The number of hydrogen-bond acceptors (Lipinski definition) is 4. The quantitative estimate of drug-likeness (QED) is 0.362. The second-order valence-corrected chi connectivity index (χ2v) is 6.81. The van der Waals surface area contributed by atoms with Gasteiger partial charge in [-0.05, 0) is 37.3 Å². The van der Waals surface area contributed by atoms with Gasteiger partial charge in [-0.2, -0.15) is 4.57 Å². The lowest BCUT2D eigenvalue weighted by Crippen LogP contribution is -2.05. The van der Waals surface area contributed by atoms with Crippen LogP contribution in [0.3, 0.4) is 0 Å². The summed E-state index contributed by atoms with van der Waals surface area (Å²) in [5, 5.41) is 0. The molecule has 3 rings (SSSR count). The lowest BCUT2D eigenvalue weighted by atomic mass is 10.2. The zero-order valence-corrected chi connectivity index (χ0v) is 15.2. The van der Waals surface area contributed by atoms with Gasteiger partial charge in [-0.3, -0.25) is 0 Å². The molecule has 0 saturated carbocycles. The van der Waals surface area contributed by atoms with Gasteiger partial charge < -0.3 is 13.6 Å². The highest BCUT2D eigenvalue weighted by Gasteiger charge is 2.34. The Kier molecular flexibility index (Phi) is 5.77. The number of benzene rings is 3. The summed E-state index contributed by atoms with van der Waals surface area (Å²) < 4.78 is 30.4. The van der Waals surface area contributed by atoms with Gasteiger partial charge in [-0.15, -0.1) is 0 Å². The number of para-hydroxylation sites is 2. The van der Waals surface area contributed by atoms with Crippen molar-refractivity contribution in [2.45, 2.75) is 6.92 Å². The third-order valence-corrected chi connectivity index (χ3v) is 4.74. The van der Waals surface area contributed by atoms with Crippen LogP contribution in [0.15, 0.2) is 97.1 Å². The maximum atomic E-state index is 13.4. The second kappa shape index (κ2) is 8.41. The smallest absolute Gasteiger partial charge is 0.386 e. The van der Waals surface area contributed by atoms with Crippen LogP contribution in [0.25, 0.3) is 5.76 Å². The Morgan fingerprint density at radius 3 is 1.58 bits per heavy atom. The van der Waals surface area contributed by atoms with Crippen LogP contribution in [-0.4, -0.2) is 0 Å². The number of phosphoric ester groups is 1. The Bertz CT molecular complexity index is 848. The van der Waals surface area contributed by atoms with Gasteiger partial charge in [0.15, 0.2) is 0 Å². The molecule has 0 fully saturated rings. The predicted molar refractivity (Wildman–Crippen MR) is 103 cm³/mol. The Morgan fingerprint density at radius 2 is 1.15 bits per heavy atom. The van der Waals surface area contributed by atoms with Gasteiger partial charge in [-0.1, -0.05) is 66.7 Å². The van der Waals surface area contributed by atoms with Gasteiger partial charge in [-0.25, -0.2) is 0 Å². The van der Waals surface area contributed by atoms with E-state index in [1.54, 1.807) is 61.5 Å². The third-order valence-electron chi connectivity index (χ3n) is 3.45. The summed E-state index contributed by atoms with van der Waals surface area (Å²) in [4.78, 5) is 0. The average molecular weight is 366 g/mol. The van der Waals surface area contributed by atoms with E-state index >= 15 is 0 Å². The summed E-state index contributed by atoms with van der Waals surface area (Å²) in [6.07, 6.45) is 1.73. The van der Waals surface area contributed by atoms with E-state index in [0.717, 1.165) is 5.56 Å². The molecule has 3 aromatic carbocycles. The fourth-order valence-corrected chi connectivity index (χ4v) is 3.60. The normalized spacial score (nSPS) is 11.7. The minimum atomic E-state index is -3.97. The van der Waals surface area contributed by atoms with E-state index in [4.69, 9.17) is 13.6 Å². The highest BCUT2D eigenvalue weighted by Crippen LogP contribution is 2.52. The summed E-state index contributed by atoms with van der Waals surface area (Å²) in [6, 6.07) is 27.0. The molecule has 0 heterocycles. The summed E-state index contributed by atoms with van der Waals surface area (Å²) in [5.41, 5.74) is 0.781. The molecule has 0 atom stereocenters. The first kappa shape index (κ1) is 17.8. The molecule has 3 aromatic rings. The summed E-state index contributed by atoms with van der Waals surface area (Å²) in [7, 11) is -3.97. The molecule has 5 heteroatoms. The first-order chi connectivity index (χ1) is 12.7. The molecule has 0 aliphatic heterocycles. The van der Waals surface area contributed by atoms with Gasteiger partial charge in [0.25, 0.3) is 0 Å². The molecule has 0 N–H and O–H groups in total. The van der Waals surface area contributed by atoms with E-state index in [2.05, 4.69) is 0 Å². The molecular formula is C21H19O4P. The Balaban J connectivity index is 1.90. The van der Waals surface area contributed by atoms with Gasteiger partial charge in [0.2, 0.25) is 0 Å². The average Bonchev–Trinajstić information content (AvgIpc) is 2.68. The lowest BCUT2D eigenvalue weighted by molar-refractivity contribution is 0.284. The van der Waals surface area contributed by atoms with E-state index in [-0.39, 0.29) is 0 Å². The molecule has 0 amide bonds. The Morgan fingerprint density at radius 1 is 0.731 bits per heavy atom. The minimum Gasteiger partial charge on any atom is -0.386 e. The molecular weight excluding hydrogens is 347 g/mol. The predicted octanol–water partition coefficient (Wildman–Crippen LogP) is 6.33. The number of allylic oxidation sites excluding steroid dienone is 1. The van der Waals surface area contributed by atoms with Gasteiger partial charge in [0.05, 0.1) is 0 Å². The van der Waals surface area contributed by atoms with E-state index in [0.29, 0.717) is 17.3 Å². The molecule has 0 aromatic heterocycles. The molecule has 132 valence electrons. The molecule has 0 unspecified atom stereocenters. The lowest BCUT2D eigenvalue weighted by Gasteiger charge is -2.21. The van der Waals surface area contributed by atoms with Crippen LogP contribution in [0.4, 0.5) is 0 Å². The largest absolute Gasteiger partial charge is 0.647 e. The van der Waals surface area contributed by atoms with Crippen molar-refractivity contribution < 1.29 is 18.1 Å². The highest BCUT2D eigenvalue weighted by molar-refractivity contribution is 7.49. The van der Waals surface area contributed by atoms with E-state index in [9.17, 15) is 4.57 Å². The summed E-state index contributed by atoms with van der Waals surface area (Å²) in [5.74, 6) is 1.21. The standard InChI is InChI=1S/C21H19O4P/c1-2-21(18-12-6-3-7-13-18)25-26(22,23-19-14-8-4-9-15-19)24-20-16-10-5-11-17-20/h2-17H,1H3/b21-2-. The van der Waals surface area contributed by atoms with Crippen molar-refractivity contribution >= 4 is 13.6 Å². The number of rotatable bonds is 7. The van der Waals surface area contributed by atoms with Gasteiger partial charge in [0.1, 0.15) is 17.3 Å². The first-order valence-corrected chi connectivity index (χ1v) is 9.65. The van der Waals surface area contributed by atoms with Crippen LogP contribution in [0.1, 0.15) is 12.5 Å². The third kappa shape index (κ3) is 4.78. The first-order valence-electron chi connectivity index (χ1n) is 8.19. The maximum Gasteiger partial charge on any atom is 0.647 e. The van der Waals surface area contributed by atoms with Crippen LogP contribution < -0.4 is 9.05 Å². The Labute approximate surface area is 153 Å². The molecule has 26 heavy (non-hydrogen) atoms. The summed E-state index contributed by atoms with van der Waals surface area (Å²) >= 11 is 0. The van der Waals surface area contributed by atoms with Gasteiger partial charge >= 0.3 is 7.82 Å².